The molecule has 0 N–H and O–H groups in total. The number of hydrogen-bond acceptors (Lipinski definition) is 3. The standard InChI is InChI=1S/C21H28N4O2/c1-14(2)12-24-13-15(11-19(24)26)21(27)25-10-6-9-18(25)20-22-16-7-4-5-8-17(16)23(20)3/h4-5,7-8,14-15,18H,6,9-13H2,1-3H3/t15?,18-/m0/s1. The molecule has 2 fully saturated rings. The van der Waals surface area contributed by atoms with Crippen LogP contribution in [0, 0.1) is 11.8 Å². The number of likely N-dealkylation sites (tertiary alicyclic amines) is 2. The van der Waals surface area contributed by atoms with Gasteiger partial charge in [-0.2, -0.15) is 0 Å². The lowest BCUT2D eigenvalue weighted by Gasteiger charge is -2.27. The molecule has 0 aliphatic carbocycles. The molecule has 4 rings (SSSR count). The summed E-state index contributed by atoms with van der Waals surface area (Å²) in [7, 11) is 2.02. The Bertz CT molecular complexity index is 872. The second-order valence-electron chi connectivity index (χ2n) is 8.30. The fourth-order valence-corrected chi connectivity index (χ4v) is 4.55. The molecule has 2 amide bonds. The van der Waals surface area contributed by atoms with E-state index in [2.05, 4.69) is 24.5 Å². The summed E-state index contributed by atoms with van der Waals surface area (Å²) in [5, 5.41) is 0. The van der Waals surface area contributed by atoms with Crippen molar-refractivity contribution in [2.45, 2.75) is 39.2 Å². The number of rotatable bonds is 4. The molecule has 2 saturated heterocycles. The summed E-state index contributed by atoms with van der Waals surface area (Å²) >= 11 is 0. The van der Waals surface area contributed by atoms with Crippen LogP contribution in [-0.4, -0.2) is 50.8 Å². The molecule has 0 saturated carbocycles. The highest BCUT2D eigenvalue weighted by Gasteiger charge is 2.41. The summed E-state index contributed by atoms with van der Waals surface area (Å²) in [5.74, 6) is 1.38. The molecule has 2 aliphatic rings. The molecule has 6 nitrogen and oxygen atoms in total. The molecule has 0 radical (unpaired) electrons. The average molecular weight is 368 g/mol. The van der Waals surface area contributed by atoms with Crippen molar-refractivity contribution in [3.8, 4) is 0 Å². The molecule has 2 aromatic rings. The van der Waals surface area contributed by atoms with Gasteiger partial charge in [-0.25, -0.2) is 4.98 Å². The Morgan fingerprint density at radius 3 is 2.81 bits per heavy atom. The Morgan fingerprint density at radius 1 is 1.30 bits per heavy atom. The first-order valence-electron chi connectivity index (χ1n) is 9.95. The number of para-hydroxylation sites is 2. The van der Waals surface area contributed by atoms with Gasteiger partial charge in [0.2, 0.25) is 11.8 Å². The molecule has 0 spiro atoms. The minimum atomic E-state index is -0.216. The van der Waals surface area contributed by atoms with Crippen LogP contribution < -0.4 is 0 Å². The van der Waals surface area contributed by atoms with E-state index in [1.165, 1.54) is 0 Å². The third kappa shape index (κ3) is 3.22. The van der Waals surface area contributed by atoms with Gasteiger partial charge in [0.15, 0.2) is 0 Å². The Kier molecular flexibility index (Phi) is 4.66. The molecule has 2 aliphatic heterocycles. The van der Waals surface area contributed by atoms with Crippen LogP contribution in [0.2, 0.25) is 0 Å². The smallest absolute Gasteiger partial charge is 0.228 e. The van der Waals surface area contributed by atoms with E-state index in [1.807, 2.05) is 35.0 Å². The van der Waals surface area contributed by atoms with Gasteiger partial charge in [-0.1, -0.05) is 26.0 Å². The maximum Gasteiger partial charge on any atom is 0.228 e. The number of benzene rings is 1. The molecule has 1 aromatic carbocycles. The fourth-order valence-electron chi connectivity index (χ4n) is 4.55. The van der Waals surface area contributed by atoms with Crippen LogP contribution in [0.4, 0.5) is 0 Å². The van der Waals surface area contributed by atoms with Gasteiger partial charge in [0.25, 0.3) is 0 Å². The second kappa shape index (κ2) is 6.98. The minimum Gasteiger partial charge on any atom is -0.342 e. The molecular formula is C21H28N4O2. The van der Waals surface area contributed by atoms with Crippen LogP contribution >= 0.6 is 0 Å². The molecular weight excluding hydrogens is 340 g/mol. The number of fused-ring (bicyclic) bond motifs is 1. The summed E-state index contributed by atoms with van der Waals surface area (Å²) in [6, 6.07) is 8.08. The number of amides is 2. The van der Waals surface area contributed by atoms with Crippen molar-refractivity contribution in [2.75, 3.05) is 19.6 Å². The van der Waals surface area contributed by atoms with E-state index in [0.29, 0.717) is 18.9 Å². The largest absolute Gasteiger partial charge is 0.342 e. The zero-order chi connectivity index (χ0) is 19.1. The maximum atomic E-state index is 13.2. The summed E-state index contributed by atoms with van der Waals surface area (Å²) < 4.78 is 2.11. The molecule has 3 heterocycles. The Labute approximate surface area is 160 Å². The van der Waals surface area contributed by atoms with Crippen LogP contribution in [0.3, 0.4) is 0 Å². The predicted octanol–water partition coefficient (Wildman–Crippen LogP) is 2.74. The van der Waals surface area contributed by atoms with Gasteiger partial charge in [0.1, 0.15) is 5.82 Å². The highest BCUT2D eigenvalue weighted by molar-refractivity contribution is 5.89. The van der Waals surface area contributed by atoms with Crippen molar-refractivity contribution >= 4 is 22.8 Å². The minimum absolute atomic E-state index is 0.00384. The van der Waals surface area contributed by atoms with E-state index < -0.39 is 0 Å². The number of aromatic nitrogens is 2. The zero-order valence-corrected chi connectivity index (χ0v) is 16.4. The van der Waals surface area contributed by atoms with E-state index in [1.54, 1.807) is 0 Å². The topological polar surface area (TPSA) is 58.4 Å². The van der Waals surface area contributed by atoms with Gasteiger partial charge in [-0.3, -0.25) is 9.59 Å². The monoisotopic (exact) mass is 368 g/mol. The van der Waals surface area contributed by atoms with Gasteiger partial charge < -0.3 is 14.4 Å². The van der Waals surface area contributed by atoms with Crippen molar-refractivity contribution in [2.24, 2.45) is 18.9 Å². The number of carbonyl (C=O) groups excluding carboxylic acids is 2. The Balaban J connectivity index is 1.55. The van der Waals surface area contributed by atoms with Gasteiger partial charge in [-0.05, 0) is 30.9 Å². The average Bonchev–Trinajstić information content (AvgIpc) is 3.33. The van der Waals surface area contributed by atoms with E-state index in [0.717, 1.165) is 42.8 Å². The van der Waals surface area contributed by atoms with Gasteiger partial charge in [-0.15, -0.1) is 0 Å². The highest BCUT2D eigenvalue weighted by atomic mass is 16.2. The number of hydrogen-bond donors (Lipinski definition) is 0. The zero-order valence-electron chi connectivity index (χ0n) is 16.4. The lowest BCUT2D eigenvalue weighted by molar-refractivity contribution is -0.136. The quantitative estimate of drug-likeness (QED) is 0.834. The Hall–Kier alpha value is -2.37. The summed E-state index contributed by atoms with van der Waals surface area (Å²) in [5.41, 5.74) is 2.06. The normalized spacial score (nSPS) is 23.2. The first-order chi connectivity index (χ1) is 13.0. The molecule has 0 bridgehead atoms. The van der Waals surface area contributed by atoms with E-state index >= 15 is 0 Å². The third-order valence-corrected chi connectivity index (χ3v) is 5.80. The number of imidazole rings is 1. The van der Waals surface area contributed by atoms with E-state index in [-0.39, 0.29) is 23.8 Å². The third-order valence-electron chi connectivity index (χ3n) is 5.80. The summed E-state index contributed by atoms with van der Waals surface area (Å²) in [6.45, 7) is 6.25. The van der Waals surface area contributed by atoms with Crippen LogP contribution in [0.15, 0.2) is 24.3 Å². The summed E-state index contributed by atoms with van der Waals surface area (Å²) in [6.07, 6.45) is 2.26. The van der Waals surface area contributed by atoms with E-state index in [9.17, 15) is 9.59 Å². The molecule has 27 heavy (non-hydrogen) atoms. The van der Waals surface area contributed by atoms with Crippen molar-refractivity contribution < 1.29 is 9.59 Å². The maximum absolute atomic E-state index is 13.2. The lowest BCUT2D eigenvalue weighted by atomic mass is 10.1. The lowest BCUT2D eigenvalue weighted by Crippen LogP contribution is -2.38. The number of nitrogens with zero attached hydrogens (tertiary/aromatic N) is 4. The van der Waals surface area contributed by atoms with E-state index in [4.69, 9.17) is 4.98 Å². The molecule has 1 unspecified atom stereocenters. The van der Waals surface area contributed by atoms with Crippen molar-refractivity contribution in [3.63, 3.8) is 0 Å². The Morgan fingerprint density at radius 2 is 2.07 bits per heavy atom. The van der Waals surface area contributed by atoms with Crippen LogP contribution in [0.5, 0.6) is 0 Å². The van der Waals surface area contributed by atoms with Crippen LogP contribution in [-0.2, 0) is 16.6 Å². The van der Waals surface area contributed by atoms with Crippen molar-refractivity contribution in [3.05, 3.63) is 30.1 Å². The first kappa shape index (κ1) is 18.0. The fraction of sp³-hybridized carbons (Fsp3) is 0.571. The number of carbonyl (C=O) groups is 2. The second-order valence-corrected chi connectivity index (χ2v) is 8.30. The SMILES string of the molecule is CC(C)CN1CC(C(=O)N2CCC[C@H]2c2nc3ccccc3n2C)CC1=O. The van der Waals surface area contributed by atoms with Gasteiger partial charge in [0.05, 0.1) is 23.0 Å². The van der Waals surface area contributed by atoms with Crippen molar-refractivity contribution in [1.82, 2.24) is 19.4 Å². The number of aryl methyl sites for hydroxylation is 1. The van der Waals surface area contributed by atoms with Crippen LogP contribution in [0.1, 0.15) is 45.0 Å². The molecule has 1 aromatic heterocycles. The molecule has 144 valence electrons. The highest BCUT2D eigenvalue weighted by Crippen LogP contribution is 2.35. The van der Waals surface area contributed by atoms with Crippen molar-refractivity contribution in [1.29, 1.82) is 0 Å². The predicted molar refractivity (Wildman–Crippen MR) is 104 cm³/mol. The first-order valence-corrected chi connectivity index (χ1v) is 9.95. The molecule has 6 heteroatoms. The van der Waals surface area contributed by atoms with Gasteiger partial charge in [0, 0.05) is 33.1 Å². The van der Waals surface area contributed by atoms with Crippen LogP contribution in [0.25, 0.3) is 11.0 Å². The van der Waals surface area contributed by atoms with Gasteiger partial charge >= 0.3 is 0 Å². The molecule has 2 atom stereocenters. The summed E-state index contributed by atoms with van der Waals surface area (Å²) in [4.78, 5) is 34.2.